The molecule has 1 amide bonds. The smallest absolute Gasteiger partial charge is 0.254 e. The molecule has 1 aliphatic carbocycles. The lowest BCUT2D eigenvalue weighted by Crippen LogP contribution is -2.31. The molecule has 0 saturated heterocycles. The van der Waals surface area contributed by atoms with Gasteiger partial charge >= 0.3 is 0 Å². The number of carbonyl (C=O) groups excluding carboxylic acids is 1. The number of rotatable bonds is 4. The van der Waals surface area contributed by atoms with E-state index in [1.165, 1.54) is 12.1 Å². The molecule has 0 aliphatic heterocycles. The summed E-state index contributed by atoms with van der Waals surface area (Å²) in [6.45, 7) is 0.464. The second-order valence-electron chi connectivity index (χ2n) is 4.92. The molecule has 19 heavy (non-hydrogen) atoms. The average Bonchev–Trinajstić information content (AvgIpc) is 2.86. The maximum Gasteiger partial charge on any atom is 0.254 e. The number of alkyl halides is 1. The van der Waals surface area contributed by atoms with Gasteiger partial charge in [0.2, 0.25) is 0 Å². The highest BCUT2D eigenvalue weighted by Gasteiger charge is 2.27. The van der Waals surface area contributed by atoms with E-state index in [-0.39, 0.29) is 5.56 Å². The lowest BCUT2D eigenvalue weighted by atomic mass is 9.98. The van der Waals surface area contributed by atoms with Gasteiger partial charge < -0.3 is 5.32 Å². The first-order chi connectivity index (χ1) is 9.13. The standard InChI is InChI=1S/C14H16ClF2NO/c15-7-9-3-1-4-10(9)8-18-14(19)11-5-2-6-12(16)13(11)17/h2,5-6,9-10H,1,3-4,7-8H2,(H,18,19). The second-order valence-corrected chi connectivity index (χ2v) is 5.23. The van der Waals surface area contributed by atoms with Gasteiger partial charge in [-0.3, -0.25) is 4.79 Å². The maximum atomic E-state index is 13.4. The van der Waals surface area contributed by atoms with Crippen LogP contribution >= 0.6 is 11.6 Å². The van der Waals surface area contributed by atoms with E-state index in [1.54, 1.807) is 0 Å². The average molecular weight is 288 g/mol. The van der Waals surface area contributed by atoms with E-state index >= 15 is 0 Å². The van der Waals surface area contributed by atoms with Crippen LogP contribution in [-0.2, 0) is 0 Å². The monoisotopic (exact) mass is 287 g/mol. The summed E-state index contributed by atoms with van der Waals surface area (Å²) in [6.07, 6.45) is 3.19. The lowest BCUT2D eigenvalue weighted by Gasteiger charge is -2.17. The Morgan fingerprint density at radius 3 is 2.79 bits per heavy atom. The Kier molecular flexibility index (Phi) is 4.75. The first-order valence-electron chi connectivity index (χ1n) is 6.41. The van der Waals surface area contributed by atoms with Gasteiger partial charge in [-0.05, 0) is 36.8 Å². The number of nitrogens with one attached hydrogen (secondary N) is 1. The van der Waals surface area contributed by atoms with Crippen molar-refractivity contribution >= 4 is 17.5 Å². The molecule has 0 spiro atoms. The summed E-state index contributed by atoms with van der Waals surface area (Å²) in [6, 6.07) is 3.60. The van der Waals surface area contributed by atoms with Crippen molar-refractivity contribution in [2.75, 3.05) is 12.4 Å². The molecule has 5 heteroatoms. The van der Waals surface area contributed by atoms with E-state index in [4.69, 9.17) is 11.6 Å². The molecule has 1 fully saturated rings. The Bertz CT molecular complexity index is 467. The topological polar surface area (TPSA) is 29.1 Å². The van der Waals surface area contributed by atoms with E-state index in [2.05, 4.69) is 5.32 Å². The summed E-state index contributed by atoms with van der Waals surface area (Å²) in [7, 11) is 0. The van der Waals surface area contributed by atoms with Crippen molar-refractivity contribution in [3.05, 3.63) is 35.4 Å². The fourth-order valence-corrected chi connectivity index (χ4v) is 2.99. The lowest BCUT2D eigenvalue weighted by molar-refractivity contribution is 0.0939. The molecule has 104 valence electrons. The minimum absolute atomic E-state index is 0.250. The van der Waals surface area contributed by atoms with Gasteiger partial charge in [0.15, 0.2) is 11.6 Å². The van der Waals surface area contributed by atoms with Gasteiger partial charge in [-0.25, -0.2) is 8.78 Å². The number of hydrogen-bond acceptors (Lipinski definition) is 1. The van der Waals surface area contributed by atoms with E-state index in [1.807, 2.05) is 0 Å². The predicted molar refractivity (Wildman–Crippen MR) is 70.2 cm³/mol. The minimum atomic E-state index is -1.10. The van der Waals surface area contributed by atoms with E-state index in [0.717, 1.165) is 25.3 Å². The maximum absolute atomic E-state index is 13.4. The number of amides is 1. The third kappa shape index (κ3) is 3.24. The highest BCUT2D eigenvalue weighted by molar-refractivity contribution is 6.18. The fourth-order valence-electron chi connectivity index (χ4n) is 2.58. The predicted octanol–water partition coefficient (Wildman–Crippen LogP) is 3.35. The van der Waals surface area contributed by atoms with Crippen LogP contribution in [0.3, 0.4) is 0 Å². The van der Waals surface area contributed by atoms with Crippen molar-refractivity contribution in [3.63, 3.8) is 0 Å². The summed E-state index contributed by atoms with van der Waals surface area (Å²) in [5.74, 6) is -1.36. The van der Waals surface area contributed by atoms with Gasteiger partial charge in [0.1, 0.15) is 0 Å². The fraction of sp³-hybridized carbons (Fsp3) is 0.500. The number of benzene rings is 1. The Morgan fingerprint density at radius 1 is 1.32 bits per heavy atom. The summed E-state index contributed by atoms with van der Waals surface area (Å²) in [5.41, 5.74) is -0.250. The van der Waals surface area contributed by atoms with Gasteiger partial charge in [-0.1, -0.05) is 12.5 Å². The molecule has 1 N–H and O–H groups in total. The highest BCUT2D eigenvalue weighted by Crippen LogP contribution is 2.32. The Hall–Kier alpha value is -1.16. The molecule has 0 bridgehead atoms. The van der Waals surface area contributed by atoms with E-state index < -0.39 is 17.5 Å². The summed E-state index contributed by atoms with van der Waals surface area (Å²) in [4.78, 5) is 11.8. The van der Waals surface area contributed by atoms with Crippen LogP contribution in [0, 0.1) is 23.5 Å². The molecule has 2 atom stereocenters. The van der Waals surface area contributed by atoms with Gasteiger partial charge in [0, 0.05) is 12.4 Å². The normalized spacial score (nSPS) is 22.5. The van der Waals surface area contributed by atoms with Crippen molar-refractivity contribution in [1.29, 1.82) is 0 Å². The number of hydrogen-bond donors (Lipinski definition) is 1. The molecule has 1 saturated carbocycles. The Labute approximate surface area is 116 Å². The van der Waals surface area contributed by atoms with Crippen LogP contribution in [0.1, 0.15) is 29.6 Å². The Balaban J connectivity index is 1.96. The largest absolute Gasteiger partial charge is 0.352 e. The van der Waals surface area contributed by atoms with E-state index in [9.17, 15) is 13.6 Å². The number of halogens is 3. The van der Waals surface area contributed by atoms with Crippen LogP contribution in [0.4, 0.5) is 8.78 Å². The summed E-state index contributed by atoms with van der Waals surface area (Å²) in [5, 5.41) is 2.67. The summed E-state index contributed by atoms with van der Waals surface area (Å²) < 4.78 is 26.5. The van der Waals surface area contributed by atoms with Crippen molar-refractivity contribution < 1.29 is 13.6 Å². The highest BCUT2D eigenvalue weighted by atomic mass is 35.5. The van der Waals surface area contributed by atoms with Gasteiger partial charge in [0.05, 0.1) is 5.56 Å². The zero-order chi connectivity index (χ0) is 13.8. The summed E-state index contributed by atoms with van der Waals surface area (Å²) >= 11 is 5.86. The molecule has 2 nitrogen and oxygen atoms in total. The van der Waals surface area contributed by atoms with Crippen molar-refractivity contribution in [3.8, 4) is 0 Å². The quantitative estimate of drug-likeness (QED) is 0.846. The first-order valence-corrected chi connectivity index (χ1v) is 6.95. The minimum Gasteiger partial charge on any atom is -0.352 e. The van der Waals surface area contributed by atoms with Crippen LogP contribution in [-0.4, -0.2) is 18.3 Å². The zero-order valence-electron chi connectivity index (χ0n) is 10.5. The van der Waals surface area contributed by atoms with Crippen LogP contribution in [0.2, 0.25) is 0 Å². The van der Waals surface area contributed by atoms with Gasteiger partial charge in [0.25, 0.3) is 5.91 Å². The molecule has 0 radical (unpaired) electrons. The van der Waals surface area contributed by atoms with E-state index in [0.29, 0.717) is 24.3 Å². The van der Waals surface area contributed by atoms with Gasteiger partial charge in [-0.15, -0.1) is 11.6 Å². The van der Waals surface area contributed by atoms with Crippen molar-refractivity contribution in [1.82, 2.24) is 5.32 Å². The number of carbonyl (C=O) groups is 1. The second kappa shape index (κ2) is 6.33. The molecular weight excluding hydrogens is 272 g/mol. The van der Waals surface area contributed by atoms with Crippen LogP contribution in [0.15, 0.2) is 18.2 Å². The molecular formula is C14H16ClF2NO. The van der Waals surface area contributed by atoms with Crippen molar-refractivity contribution in [2.24, 2.45) is 11.8 Å². The molecule has 1 aromatic carbocycles. The molecule has 0 heterocycles. The zero-order valence-corrected chi connectivity index (χ0v) is 11.2. The molecule has 0 aromatic heterocycles. The molecule has 1 aromatic rings. The van der Waals surface area contributed by atoms with Crippen LogP contribution in [0.5, 0.6) is 0 Å². The third-order valence-corrected chi connectivity index (χ3v) is 4.13. The first kappa shape index (κ1) is 14.3. The molecule has 2 unspecified atom stereocenters. The van der Waals surface area contributed by atoms with Gasteiger partial charge in [-0.2, -0.15) is 0 Å². The van der Waals surface area contributed by atoms with Crippen molar-refractivity contribution in [2.45, 2.75) is 19.3 Å². The van der Waals surface area contributed by atoms with Crippen LogP contribution < -0.4 is 5.32 Å². The molecule has 2 rings (SSSR count). The molecule has 1 aliphatic rings. The Morgan fingerprint density at radius 2 is 2.05 bits per heavy atom. The third-order valence-electron chi connectivity index (χ3n) is 3.74. The van der Waals surface area contributed by atoms with Crippen LogP contribution in [0.25, 0.3) is 0 Å². The SMILES string of the molecule is O=C(NCC1CCCC1CCl)c1cccc(F)c1F.